The van der Waals surface area contributed by atoms with Gasteiger partial charge in [-0.05, 0) is 53.7 Å². The standard InChI is InChI=1S/C46H63ClN4O9S/c1-28(2)23-38-45(56)58-36(9-8-10-39(52)49-35(43(54)48-26-29(3)44(55)59-38)25-32-13-16-37(57-7)34(47)24-32)30(4)41-42(60-41)33-14-11-31(12-15-33)27-50-19-21-51(22-20-50)40(53)17-18-46(5,6)61/h8,10-16,24,28-30,35-36,38,41-42,61H,9,17-23,25-27H2,1-7H3,(H,48,54)(H,49,52)/b10-8-/t29-,30+,35-,36+,38+,41-,42-/m1/s1. The number of cyclic esters (lactones) is 2. The summed E-state index contributed by atoms with van der Waals surface area (Å²) in [5, 5.41) is 5.89. The number of nitrogens with one attached hydrogen (secondary N) is 2. The van der Waals surface area contributed by atoms with Gasteiger partial charge in [0, 0.05) is 69.2 Å². The van der Waals surface area contributed by atoms with Crippen LogP contribution in [-0.4, -0.2) is 108 Å². The minimum Gasteiger partial charge on any atom is -0.495 e. The second kappa shape index (κ2) is 21.8. The molecule has 0 bridgehead atoms. The smallest absolute Gasteiger partial charge is 0.347 e. The first-order valence-electron chi connectivity index (χ1n) is 21.4. The second-order valence-corrected chi connectivity index (χ2v) is 19.3. The molecule has 0 aromatic heterocycles. The summed E-state index contributed by atoms with van der Waals surface area (Å²) in [5.41, 5.74) is 2.85. The van der Waals surface area contributed by atoms with Crippen LogP contribution in [0.15, 0.2) is 54.6 Å². The topological polar surface area (TPSA) is 156 Å². The molecule has 3 amide bonds. The van der Waals surface area contributed by atoms with Crippen LogP contribution < -0.4 is 15.4 Å². The van der Waals surface area contributed by atoms with E-state index in [1.165, 1.54) is 13.2 Å². The van der Waals surface area contributed by atoms with E-state index in [4.69, 9.17) is 30.5 Å². The van der Waals surface area contributed by atoms with Gasteiger partial charge in [0.2, 0.25) is 17.7 Å². The first-order chi connectivity index (χ1) is 28.9. The number of thiol groups is 1. The highest BCUT2D eigenvalue weighted by Crippen LogP contribution is 2.45. The van der Waals surface area contributed by atoms with Crippen LogP contribution in [0, 0.1) is 17.8 Å². The van der Waals surface area contributed by atoms with E-state index in [1.54, 1.807) is 31.2 Å². The SMILES string of the molecule is COc1ccc(C[C@H]2NC(=O)/C=C\C[C@@H]([C@H](C)[C@H]3O[C@@H]3c3ccc(CN4CCN(C(=O)CCC(C)(C)S)CC4)cc3)OC(=O)[C@H](CC(C)C)OC(=O)[C@H](C)CNC2=O)cc1Cl. The lowest BCUT2D eigenvalue weighted by atomic mass is 9.93. The van der Waals surface area contributed by atoms with Gasteiger partial charge >= 0.3 is 11.9 Å². The number of carbonyl (C=O) groups excluding carboxylic acids is 5. The molecule has 0 saturated carbocycles. The van der Waals surface area contributed by atoms with E-state index in [2.05, 4.69) is 52.4 Å². The Balaban J connectivity index is 1.25. The lowest BCUT2D eigenvalue weighted by molar-refractivity contribution is -0.176. The van der Waals surface area contributed by atoms with Crippen molar-refractivity contribution in [3.05, 3.63) is 76.3 Å². The van der Waals surface area contributed by atoms with Crippen molar-refractivity contribution in [1.82, 2.24) is 20.4 Å². The first kappa shape index (κ1) is 47.9. The molecule has 7 atom stereocenters. The van der Waals surface area contributed by atoms with Crippen molar-refractivity contribution in [1.29, 1.82) is 0 Å². The molecule has 0 unspecified atom stereocenters. The first-order valence-corrected chi connectivity index (χ1v) is 22.2. The molecule has 3 aliphatic rings. The van der Waals surface area contributed by atoms with E-state index in [0.717, 1.165) is 37.2 Å². The van der Waals surface area contributed by atoms with Crippen LogP contribution in [0.5, 0.6) is 5.75 Å². The van der Waals surface area contributed by atoms with Crippen molar-refractivity contribution in [2.45, 2.75) is 115 Å². The molecule has 0 spiro atoms. The van der Waals surface area contributed by atoms with Gasteiger partial charge in [-0.1, -0.05) is 89.6 Å². The van der Waals surface area contributed by atoms with Crippen molar-refractivity contribution < 1.29 is 42.9 Å². The van der Waals surface area contributed by atoms with Gasteiger partial charge in [-0.2, -0.15) is 12.6 Å². The molecular weight excluding hydrogens is 820 g/mol. The summed E-state index contributed by atoms with van der Waals surface area (Å²) >= 11 is 10.9. The normalized spacial score (nSPS) is 25.8. The molecule has 13 nitrogen and oxygen atoms in total. The fourth-order valence-corrected chi connectivity index (χ4v) is 7.94. The summed E-state index contributed by atoms with van der Waals surface area (Å²) < 4.78 is 23.2. The van der Waals surface area contributed by atoms with Crippen molar-refractivity contribution in [2.24, 2.45) is 17.8 Å². The van der Waals surface area contributed by atoms with Crippen LogP contribution in [0.25, 0.3) is 0 Å². The molecule has 61 heavy (non-hydrogen) atoms. The number of carbonyl (C=O) groups is 5. The summed E-state index contributed by atoms with van der Waals surface area (Å²) in [7, 11) is 1.51. The van der Waals surface area contributed by atoms with Gasteiger partial charge in [-0.25, -0.2) is 4.79 Å². The molecule has 3 aliphatic heterocycles. The minimum absolute atomic E-state index is 0.00597. The predicted octanol–water partition coefficient (Wildman–Crippen LogP) is 5.87. The van der Waals surface area contributed by atoms with Crippen LogP contribution >= 0.6 is 24.2 Å². The number of hydrogen-bond donors (Lipinski definition) is 3. The van der Waals surface area contributed by atoms with E-state index < -0.39 is 47.9 Å². The monoisotopic (exact) mass is 882 g/mol. The van der Waals surface area contributed by atoms with Crippen LogP contribution in [0.2, 0.25) is 5.02 Å². The minimum atomic E-state index is -1.16. The molecular formula is C46H63ClN4O9S. The lowest BCUT2D eigenvalue weighted by Gasteiger charge is -2.35. The molecule has 0 radical (unpaired) electrons. The van der Waals surface area contributed by atoms with Crippen LogP contribution in [-0.2, 0) is 51.1 Å². The number of halogens is 1. The Morgan fingerprint density at radius 3 is 2.31 bits per heavy atom. The summed E-state index contributed by atoms with van der Waals surface area (Å²) in [6, 6.07) is 12.5. The number of nitrogens with zero attached hydrogens (tertiary/aromatic N) is 2. The van der Waals surface area contributed by atoms with Gasteiger partial charge < -0.3 is 34.5 Å². The van der Waals surface area contributed by atoms with Gasteiger partial charge in [0.05, 0.1) is 24.2 Å². The highest BCUT2D eigenvalue weighted by atomic mass is 35.5. The zero-order chi connectivity index (χ0) is 44.4. The highest BCUT2D eigenvalue weighted by molar-refractivity contribution is 7.81. The van der Waals surface area contributed by atoms with Gasteiger partial charge in [-0.15, -0.1) is 0 Å². The molecule has 2 aromatic rings. The maximum absolute atomic E-state index is 13.8. The van der Waals surface area contributed by atoms with Crippen LogP contribution in [0.1, 0.15) is 90.0 Å². The summed E-state index contributed by atoms with van der Waals surface area (Å²) in [5.74, 6) is -2.76. The Morgan fingerprint density at radius 1 is 0.984 bits per heavy atom. The number of piperazine rings is 1. The molecule has 3 heterocycles. The lowest BCUT2D eigenvalue weighted by Crippen LogP contribution is -2.49. The molecule has 15 heteroatoms. The van der Waals surface area contributed by atoms with Gasteiger partial charge in [-0.3, -0.25) is 24.1 Å². The Hall–Kier alpha value is -4.11. The average Bonchev–Trinajstić information content (AvgIpc) is 4.01. The number of benzene rings is 2. The predicted molar refractivity (Wildman–Crippen MR) is 236 cm³/mol. The van der Waals surface area contributed by atoms with E-state index in [-0.39, 0.29) is 60.5 Å². The van der Waals surface area contributed by atoms with Gasteiger partial charge in [0.25, 0.3) is 0 Å². The zero-order valence-corrected chi connectivity index (χ0v) is 38.1. The zero-order valence-electron chi connectivity index (χ0n) is 36.5. The molecule has 2 saturated heterocycles. The quantitative estimate of drug-likeness (QED) is 0.127. The Labute approximate surface area is 371 Å². The van der Waals surface area contributed by atoms with E-state index in [0.29, 0.717) is 35.8 Å². The molecule has 2 aromatic carbocycles. The van der Waals surface area contributed by atoms with Crippen molar-refractivity contribution >= 4 is 53.9 Å². The third-order valence-electron chi connectivity index (χ3n) is 11.4. The maximum atomic E-state index is 13.8. The fourth-order valence-electron chi connectivity index (χ4n) is 7.54. The van der Waals surface area contributed by atoms with E-state index in [9.17, 15) is 24.0 Å². The molecule has 334 valence electrons. The molecule has 5 rings (SSSR count). The van der Waals surface area contributed by atoms with Gasteiger partial charge in [0.1, 0.15) is 24.0 Å². The third-order valence-corrected chi connectivity index (χ3v) is 11.9. The second-order valence-electron chi connectivity index (χ2n) is 17.6. The maximum Gasteiger partial charge on any atom is 0.347 e. The van der Waals surface area contributed by atoms with Crippen molar-refractivity contribution in [2.75, 3.05) is 39.8 Å². The number of esters is 2. The highest BCUT2D eigenvalue weighted by Gasteiger charge is 2.48. The average molecular weight is 884 g/mol. The number of ether oxygens (including phenoxy) is 4. The number of amides is 3. The molecule has 0 aliphatic carbocycles. The number of rotatable bonds is 13. The Kier molecular flexibility index (Phi) is 17.1. The fraction of sp³-hybridized carbons (Fsp3) is 0.587. The van der Waals surface area contributed by atoms with Crippen LogP contribution in [0.4, 0.5) is 0 Å². The van der Waals surface area contributed by atoms with Gasteiger partial charge in [0.15, 0.2) is 6.10 Å². The van der Waals surface area contributed by atoms with E-state index >= 15 is 0 Å². The van der Waals surface area contributed by atoms with Crippen molar-refractivity contribution in [3.63, 3.8) is 0 Å². The number of hydrogen-bond acceptors (Lipinski definition) is 11. The third kappa shape index (κ3) is 14.5. The molecule has 2 fully saturated rings. The Bertz CT molecular complexity index is 1880. The summed E-state index contributed by atoms with van der Waals surface area (Å²) in [6.45, 7) is 15.2. The van der Waals surface area contributed by atoms with Crippen molar-refractivity contribution in [3.8, 4) is 5.75 Å². The molecule has 2 N–H and O–H groups in total. The summed E-state index contributed by atoms with van der Waals surface area (Å²) in [4.78, 5) is 70.8. The van der Waals surface area contributed by atoms with Crippen LogP contribution in [0.3, 0.4) is 0 Å². The van der Waals surface area contributed by atoms with E-state index in [1.807, 2.05) is 39.5 Å². The number of epoxide rings is 1. The summed E-state index contributed by atoms with van der Waals surface area (Å²) in [6.07, 6.45) is 2.37. The largest absolute Gasteiger partial charge is 0.495 e. The number of methoxy groups -OCH3 is 1. The Morgan fingerprint density at radius 2 is 1.67 bits per heavy atom.